The Balaban J connectivity index is 2.67. The maximum absolute atomic E-state index is 10.7. The molecule has 0 fully saturated rings. The number of hydrogen-bond donors (Lipinski definition) is 0. The van der Waals surface area contributed by atoms with E-state index in [1.54, 1.807) is 0 Å². The van der Waals surface area contributed by atoms with Gasteiger partial charge in [-0.25, -0.2) is 0 Å². The Kier molecular flexibility index (Phi) is 6.03. The van der Waals surface area contributed by atoms with Crippen LogP contribution in [-0.2, 0) is 4.79 Å². The van der Waals surface area contributed by atoms with Crippen LogP contribution in [0.15, 0.2) is 24.3 Å². The van der Waals surface area contributed by atoms with Gasteiger partial charge < -0.3 is 4.79 Å². The SMILES string of the molecule is CCCCCC(CC=O)c1ccc(C#N)cc1. The molecule has 17 heavy (non-hydrogen) atoms. The average molecular weight is 229 g/mol. The van der Waals surface area contributed by atoms with Crippen molar-refractivity contribution in [3.8, 4) is 6.07 Å². The fraction of sp³-hybridized carbons (Fsp3) is 0.467. The van der Waals surface area contributed by atoms with Gasteiger partial charge in [-0.3, -0.25) is 0 Å². The molecule has 0 aliphatic rings. The molecule has 0 aromatic heterocycles. The first-order chi connectivity index (χ1) is 8.31. The van der Waals surface area contributed by atoms with E-state index in [1.807, 2.05) is 24.3 Å². The van der Waals surface area contributed by atoms with Crippen molar-refractivity contribution in [1.82, 2.24) is 0 Å². The van der Waals surface area contributed by atoms with Gasteiger partial charge in [0.05, 0.1) is 11.6 Å². The van der Waals surface area contributed by atoms with Crippen LogP contribution in [0.1, 0.15) is 56.1 Å². The van der Waals surface area contributed by atoms with Crippen molar-refractivity contribution in [1.29, 1.82) is 5.26 Å². The van der Waals surface area contributed by atoms with E-state index in [1.165, 1.54) is 18.4 Å². The third kappa shape index (κ3) is 4.40. The number of hydrogen-bond acceptors (Lipinski definition) is 2. The zero-order valence-electron chi connectivity index (χ0n) is 10.4. The fourth-order valence-electron chi connectivity index (χ4n) is 2.01. The molecular weight excluding hydrogens is 210 g/mol. The van der Waals surface area contributed by atoms with E-state index in [9.17, 15) is 4.79 Å². The molecule has 1 aromatic carbocycles. The Morgan fingerprint density at radius 2 is 2.00 bits per heavy atom. The summed E-state index contributed by atoms with van der Waals surface area (Å²) in [4.78, 5) is 10.7. The average Bonchev–Trinajstić information content (AvgIpc) is 2.38. The second kappa shape index (κ2) is 7.62. The molecule has 0 saturated heterocycles. The van der Waals surface area contributed by atoms with Crippen LogP contribution in [-0.4, -0.2) is 6.29 Å². The van der Waals surface area contributed by atoms with Gasteiger partial charge in [-0.1, -0.05) is 38.3 Å². The Bertz CT molecular complexity index is 375. The van der Waals surface area contributed by atoms with Gasteiger partial charge in [-0.05, 0) is 30.0 Å². The minimum Gasteiger partial charge on any atom is -0.303 e. The molecule has 0 radical (unpaired) electrons. The molecule has 0 spiro atoms. The molecule has 90 valence electrons. The van der Waals surface area contributed by atoms with Crippen LogP contribution in [0.3, 0.4) is 0 Å². The number of benzene rings is 1. The van der Waals surface area contributed by atoms with Crippen molar-refractivity contribution in [2.45, 2.75) is 44.9 Å². The van der Waals surface area contributed by atoms with E-state index in [4.69, 9.17) is 5.26 Å². The van der Waals surface area contributed by atoms with Crippen molar-refractivity contribution < 1.29 is 4.79 Å². The topological polar surface area (TPSA) is 40.9 Å². The van der Waals surface area contributed by atoms with Gasteiger partial charge in [0.25, 0.3) is 0 Å². The summed E-state index contributed by atoms with van der Waals surface area (Å²) in [5.41, 5.74) is 1.85. The molecule has 0 saturated carbocycles. The largest absolute Gasteiger partial charge is 0.303 e. The minimum absolute atomic E-state index is 0.312. The van der Waals surface area contributed by atoms with Crippen LogP contribution < -0.4 is 0 Å². The van der Waals surface area contributed by atoms with Crippen molar-refractivity contribution in [2.75, 3.05) is 0 Å². The normalized spacial score (nSPS) is 11.8. The van der Waals surface area contributed by atoms with Crippen LogP contribution in [0.2, 0.25) is 0 Å². The Hall–Kier alpha value is -1.62. The Labute approximate surface area is 103 Å². The molecule has 1 atom stereocenters. The van der Waals surface area contributed by atoms with E-state index in [-0.39, 0.29) is 0 Å². The van der Waals surface area contributed by atoms with Crippen molar-refractivity contribution in [3.63, 3.8) is 0 Å². The lowest BCUT2D eigenvalue weighted by Crippen LogP contribution is -2.00. The lowest BCUT2D eigenvalue weighted by atomic mass is 9.90. The number of rotatable bonds is 7. The van der Waals surface area contributed by atoms with E-state index in [0.717, 1.165) is 19.1 Å². The summed E-state index contributed by atoms with van der Waals surface area (Å²) in [6.45, 7) is 2.18. The minimum atomic E-state index is 0.312. The standard InChI is InChI=1S/C15H19NO/c1-2-3-4-5-14(10-11-17)15-8-6-13(12-16)7-9-15/h6-9,11,14H,2-5,10H2,1H3. The maximum atomic E-state index is 10.7. The van der Waals surface area contributed by atoms with Crippen molar-refractivity contribution in [3.05, 3.63) is 35.4 Å². The number of nitrogens with zero attached hydrogens (tertiary/aromatic N) is 1. The van der Waals surface area contributed by atoms with Gasteiger partial charge in [0.2, 0.25) is 0 Å². The first-order valence-electron chi connectivity index (χ1n) is 6.25. The van der Waals surface area contributed by atoms with Crippen LogP contribution in [0.5, 0.6) is 0 Å². The number of unbranched alkanes of at least 4 members (excludes halogenated alkanes) is 2. The predicted octanol–water partition coefficient (Wildman–Crippen LogP) is 3.81. The molecule has 0 amide bonds. The zero-order valence-corrected chi connectivity index (χ0v) is 10.4. The van der Waals surface area contributed by atoms with Crippen LogP contribution in [0.4, 0.5) is 0 Å². The Morgan fingerprint density at radius 3 is 2.53 bits per heavy atom. The highest BCUT2D eigenvalue weighted by Gasteiger charge is 2.10. The molecule has 0 bridgehead atoms. The van der Waals surface area contributed by atoms with E-state index >= 15 is 0 Å². The molecule has 2 heteroatoms. The summed E-state index contributed by atoms with van der Waals surface area (Å²) < 4.78 is 0. The van der Waals surface area contributed by atoms with Crippen LogP contribution in [0.25, 0.3) is 0 Å². The zero-order chi connectivity index (χ0) is 12.5. The number of aldehydes is 1. The molecule has 0 N–H and O–H groups in total. The first kappa shape index (κ1) is 13.4. The third-order valence-corrected chi connectivity index (χ3v) is 3.05. The summed E-state index contributed by atoms with van der Waals surface area (Å²) in [6, 6.07) is 9.70. The molecular formula is C15H19NO. The van der Waals surface area contributed by atoms with Crippen molar-refractivity contribution >= 4 is 6.29 Å². The summed E-state index contributed by atoms with van der Waals surface area (Å²) in [6.07, 6.45) is 6.20. The highest BCUT2D eigenvalue weighted by Crippen LogP contribution is 2.25. The third-order valence-electron chi connectivity index (χ3n) is 3.05. The highest BCUT2D eigenvalue weighted by molar-refractivity contribution is 5.51. The summed E-state index contributed by atoms with van der Waals surface area (Å²) in [5, 5.41) is 8.74. The van der Waals surface area contributed by atoms with Gasteiger partial charge in [0.1, 0.15) is 6.29 Å². The lowest BCUT2D eigenvalue weighted by molar-refractivity contribution is -0.108. The number of nitriles is 1. The van der Waals surface area contributed by atoms with E-state index < -0.39 is 0 Å². The first-order valence-corrected chi connectivity index (χ1v) is 6.25. The van der Waals surface area contributed by atoms with E-state index in [0.29, 0.717) is 17.9 Å². The lowest BCUT2D eigenvalue weighted by Gasteiger charge is -2.14. The monoisotopic (exact) mass is 229 g/mol. The van der Waals surface area contributed by atoms with Crippen LogP contribution >= 0.6 is 0 Å². The summed E-state index contributed by atoms with van der Waals surface area (Å²) in [5.74, 6) is 0.312. The maximum Gasteiger partial charge on any atom is 0.120 e. The molecule has 1 rings (SSSR count). The van der Waals surface area contributed by atoms with Gasteiger partial charge in [-0.15, -0.1) is 0 Å². The summed E-state index contributed by atoms with van der Waals surface area (Å²) >= 11 is 0. The molecule has 1 unspecified atom stereocenters. The summed E-state index contributed by atoms with van der Waals surface area (Å²) in [7, 11) is 0. The van der Waals surface area contributed by atoms with Crippen molar-refractivity contribution in [2.24, 2.45) is 0 Å². The highest BCUT2D eigenvalue weighted by atomic mass is 16.1. The van der Waals surface area contributed by atoms with Gasteiger partial charge in [0, 0.05) is 6.42 Å². The number of carbonyl (C=O) groups excluding carboxylic acids is 1. The molecule has 1 aromatic rings. The predicted molar refractivity (Wildman–Crippen MR) is 68.7 cm³/mol. The molecule has 0 aliphatic carbocycles. The molecule has 0 heterocycles. The Morgan fingerprint density at radius 1 is 1.29 bits per heavy atom. The number of carbonyl (C=O) groups is 1. The van der Waals surface area contributed by atoms with Gasteiger partial charge >= 0.3 is 0 Å². The van der Waals surface area contributed by atoms with Gasteiger partial charge in [-0.2, -0.15) is 5.26 Å². The fourth-order valence-corrected chi connectivity index (χ4v) is 2.01. The second-order valence-electron chi connectivity index (χ2n) is 4.33. The quantitative estimate of drug-likeness (QED) is 0.527. The second-order valence-corrected chi connectivity index (χ2v) is 4.33. The van der Waals surface area contributed by atoms with Crippen LogP contribution in [0, 0.1) is 11.3 Å². The van der Waals surface area contributed by atoms with Gasteiger partial charge in [0.15, 0.2) is 0 Å². The van der Waals surface area contributed by atoms with E-state index in [2.05, 4.69) is 13.0 Å². The molecule has 2 nitrogen and oxygen atoms in total. The smallest absolute Gasteiger partial charge is 0.120 e. The molecule has 0 aliphatic heterocycles.